The minimum Gasteiger partial charge on any atom is -0.317 e. The summed E-state index contributed by atoms with van der Waals surface area (Å²) in [6.07, 6.45) is 6.11. The van der Waals surface area contributed by atoms with Gasteiger partial charge in [0.15, 0.2) is 5.82 Å². The Bertz CT molecular complexity index is 361. The Hall–Kier alpha value is -0.900. The van der Waals surface area contributed by atoms with Crippen molar-refractivity contribution in [3.63, 3.8) is 0 Å². The zero-order valence-electron chi connectivity index (χ0n) is 9.92. The fourth-order valence-electron chi connectivity index (χ4n) is 2.43. The van der Waals surface area contributed by atoms with Crippen LogP contribution in [0.2, 0.25) is 0 Å². The van der Waals surface area contributed by atoms with Crippen LogP contribution in [-0.2, 0) is 11.8 Å². The average Bonchev–Trinajstić information content (AvgIpc) is 2.88. The van der Waals surface area contributed by atoms with E-state index in [0.29, 0.717) is 5.41 Å². The molecule has 1 saturated heterocycles. The molecular formula is C12H20N4. The number of hydrogen-bond donors (Lipinski definition) is 2. The molecule has 2 N–H and O–H groups in total. The van der Waals surface area contributed by atoms with Gasteiger partial charge in [0, 0.05) is 11.8 Å². The monoisotopic (exact) mass is 220 g/mol. The second kappa shape index (κ2) is 3.84. The maximum Gasteiger partial charge on any atom is 0.156 e. The summed E-state index contributed by atoms with van der Waals surface area (Å²) >= 11 is 0. The van der Waals surface area contributed by atoms with Gasteiger partial charge >= 0.3 is 0 Å². The van der Waals surface area contributed by atoms with Gasteiger partial charge in [-0.25, -0.2) is 4.98 Å². The first-order chi connectivity index (χ1) is 7.76. The molecule has 0 spiro atoms. The fraction of sp³-hybridized carbons (Fsp3) is 0.833. The number of aromatic amines is 1. The Morgan fingerprint density at radius 3 is 2.75 bits per heavy atom. The van der Waals surface area contributed by atoms with Gasteiger partial charge in [-0.2, -0.15) is 5.10 Å². The van der Waals surface area contributed by atoms with Gasteiger partial charge in [0.2, 0.25) is 0 Å². The van der Waals surface area contributed by atoms with Gasteiger partial charge in [-0.05, 0) is 44.7 Å². The SMILES string of the molecule is CC1(c2n[nH]c(CC3CCNCC3)n2)CC1. The lowest BCUT2D eigenvalue weighted by Crippen LogP contribution is -2.28. The van der Waals surface area contributed by atoms with Crippen LogP contribution < -0.4 is 5.32 Å². The zero-order chi connectivity index (χ0) is 11.0. The first kappa shape index (κ1) is 10.3. The highest BCUT2D eigenvalue weighted by Crippen LogP contribution is 2.45. The van der Waals surface area contributed by atoms with Crippen LogP contribution in [0, 0.1) is 5.92 Å². The van der Waals surface area contributed by atoms with E-state index in [4.69, 9.17) is 0 Å². The molecule has 0 atom stereocenters. The fourth-order valence-corrected chi connectivity index (χ4v) is 2.43. The van der Waals surface area contributed by atoms with Crippen LogP contribution in [0.4, 0.5) is 0 Å². The maximum absolute atomic E-state index is 4.65. The van der Waals surface area contributed by atoms with Gasteiger partial charge in [-0.3, -0.25) is 5.10 Å². The lowest BCUT2D eigenvalue weighted by Gasteiger charge is -2.21. The Balaban J connectivity index is 1.63. The van der Waals surface area contributed by atoms with E-state index in [-0.39, 0.29) is 0 Å². The Labute approximate surface area is 96.2 Å². The largest absolute Gasteiger partial charge is 0.317 e. The molecule has 1 aliphatic heterocycles. The third kappa shape index (κ3) is 1.98. The minimum absolute atomic E-state index is 0.295. The normalized spacial score (nSPS) is 24.6. The second-order valence-electron chi connectivity index (χ2n) is 5.56. The van der Waals surface area contributed by atoms with Gasteiger partial charge in [-0.1, -0.05) is 6.92 Å². The Morgan fingerprint density at radius 2 is 2.06 bits per heavy atom. The van der Waals surface area contributed by atoms with Crippen molar-refractivity contribution in [1.82, 2.24) is 20.5 Å². The molecule has 0 bridgehead atoms. The summed E-state index contributed by atoms with van der Waals surface area (Å²) in [5.74, 6) is 2.92. The third-order valence-corrected chi connectivity index (χ3v) is 4.01. The topological polar surface area (TPSA) is 53.6 Å². The highest BCUT2D eigenvalue weighted by Gasteiger charge is 2.42. The van der Waals surface area contributed by atoms with E-state index < -0.39 is 0 Å². The Morgan fingerprint density at radius 1 is 1.31 bits per heavy atom. The van der Waals surface area contributed by atoms with E-state index in [0.717, 1.165) is 37.1 Å². The number of hydrogen-bond acceptors (Lipinski definition) is 3. The van der Waals surface area contributed by atoms with E-state index >= 15 is 0 Å². The summed E-state index contributed by atoms with van der Waals surface area (Å²) in [5, 5.41) is 10.9. The summed E-state index contributed by atoms with van der Waals surface area (Å²) in [4.78, 5) is 4.65. The number of nitrogens with one attached hydrogen (secondary N) is 2. The molecule has 2 fully saturated rings. The second-order valence-corrected chi connectivity index (χ2v) is 5.56. The number of H-pyrrole nitrogens is 1. The van der Waals surface area contributed by atoms with Crippen LogP contribution >= 0.6 is 0 Å². The molecule has 3 rings (SSSR count). The van der Waals surface area contributed by atoms with Crippen LogP contribution in [0.25, 0.3) is 0 Å². The van der Waals surface area contributed by atoms with Crippen LogP contribution in [0.3, 0.4) is 0 Å². The van der Waals surface area contributed by atoms with E-state index in [1.807, 2.05) is 0 Å². The molecule has 4 heteroatoms. The van der Waals surface area contributed by atoms with E-state index in [1.165, 1.54) is 25.7 Å². The molecule has 16 heavy (non-hydrogen) atoms. The van der Waals surface area contributed by atoms with E-state index in [1.54, 1.807) is 0 Å². The lowest BCUT2D eigenvalue weighted by molar-refractivity contribution is 0.367. The molecule has 1 aromatic rings. The first-order valence-corrected chi connectivity index (χ1v) is 6.39. The molecule has 2 heterocycles. The van der Waals surface area contributed by atoms with E-state index in [9.17, 15) is 0 Å². The van der Waals surface area contributed by atoms with Gasteiger partial charge in [0.1, 0.15) is 5.82 Å². The van der Waals surface area contributed by atoms with Crippen molar-refractivity contribution in [3.8, 4) is 0 Å². The molecule has 2 aliphatic rings. The Kier molecular flexibility index (Phi) is 2.46. The lowest BCUT2D eigenvalue weighted by atomic mass is 9.94. The quantitative estimate of drug-likeness (QED) is 0.809. The van der Waals surface area contributed by atoms with Crippen molar-refractivity contribution < 1.29 is 0 Å². The highest BCUT2D eigenvalue weighted by atomic mass is 15.2. The number of piperidine rings is 1. The van der Waals surface area contributed by atoms with Crippen LogP contribution in [0.5, 0.6) is 0 Å². The summed E-state index contributed by atoms with van der Waals surface area (Å²) < 4.78 is 0. The molecule has 0 radical (unpaired) electrons. The van der Waals surface area contributed by atoms with Crippen molar-refractivity contribution in [2.24, 2.45) is 5.92 Å². The zero-order valence-corrected chi connectivity index (χ0v) is 9.92. The molecule has 88 valence electrons. The van der Waals surface area contributed by atoms with Crippen molar-refractivity contribution >= 4 is 0 Å². The first-order valence-electron chi connectivity index (χ1n) is 6.39. The molecule has 1 aromatic heterocycles. The molecule has 1 saturated carbocycles. The van der Waals surface area contributed by atoms with Crippen LogP contribution in [0.15, 0.2) is 0 Å². The smallest absolute Gasteiger partial charge is 0.156 e. The van der Waals surface area contributed by atoms with Crippen molar-refractivity contribution in [2.75, 3.05) is 13.1 Å². The predicted molar refractivity (Wildman–Crippen MR) is 62.3 cm³/mol. The summed E-state index contributed by atoms with van der Waals surface area (Å²) in [6, 6.07) is 0. The summed E-state index contributed by atoms with van der Waals surface area (Å²) in [7, 11) is 0. The van der Waals surface area contributed by atoms with Gasteiger partial charge in [0.05, 0.1) is 0 Å². The third-order valence-electron chi connectivity index (χ3n) is 4.01. The summed E-state index contributed by atoms with van der Waals surface area (Å²) in [5.41, 5.74) is 0.295. The molecule has 0 aromatic carbocycles. The predicted octanol–water partition coefficient (Wildman–Crippen LogP) is 1.40. The molecule has 1 aliphatic carbocycles. The van der Waals surface area contributed by atoms with Crippen LogP contribution in [0.1, 0.15) is 44.3 Å². The van der Waals surface area contributed by atoms with Gasteiger partial charge < -0.3 is 5.32 Å². The van der Waals surface area contributed by atoms with Crippen molar-refractivity contribution in [1.29, 1.82) is 0 Å². The van der Waals surface area contributed by atoms with Gasteiger partial charge in [-0.15, -0.1) is 0 Å². The number of aromatic nitrogens is 3. The molecule has 0 unspecified atom stereocenters. The van der Waals surface area contributed by atoms with Crippen molar-refractivity contribution in [3.05, 3.63) is 11.6 Å². The highest BCUT2D eigenvalue weighted by molar-refractivity contribution is 5.15. The standard InChI is InChI=1S/C12H20N4/c1-12(4-5-12)11-14-10(15-16-11)8-9-2-6-13-7-3-9/h9,13H,2-8H2,1H3,(H,14,15,16). The molecular weight excluding hydrogens is 200 g/mol. The van der Waals surface area contributed by atoms with Crippen LogP contribution in [-0.4, -0.2) is 28.3 Å². The maximum atomic E-state index is 4.65. The minimum atomic E-state index is 0.295. The average molecular weight is 220 g/mol. The van der Waals surface area contributed by atoms with Crippen molar-refractivity contribution in [2.45, 2.75) is 44.4 Å². The summed E-state index contributed by atoms with van der Waals surface area (Å²) in [6.45, 7) is 4.57. The number of rotatable bonds is 3. The van der Waals surface area contributed by atoms with Gasteiger partial charge in [0.25, 0.3) is 0 Å². The number of nitrogens with zero attached hydrogens (tertiary/aromatic N) is 2. The molecule has 0 amide bonds. The van der Waals surface area contributed by atoms with E-state index in [2.05, 4.69) is 27.4 Å². The molecule has 4 nitrogen and oxygen atoms in total.